The molecule has 0 saturated heterocycles. The topological polar surface area (TPSA) is 111 Å². The molecule has 10 heteroatoms. The summed E-state index contributed by atoms with van der Waals surface area (Å²) in [6.45, 7) is 0. The van der Waals surface area contributed by atoms with Crippen molar-refractivity contribution in [2.45, 2.75) is 9.79 Å². The third-order valence-electron chi connectivity index (χ3n) is 2.54. The van der Waals surface area contributed by atoms with E-state index in [0.29, 0.717) is 5.69 Å². The molecule has 1 aliphatic heterocycles. The molecule has 0 atom stereocenters. The van der Waals surface area contributed by atoms with Crippen LogP contribution in [0, 0.1) is 5.39 Å². The van der Waals surface area contributed by atoms with Crippen LogP contribution in [0.1, 0.15) is 0 Å². The van der Waals surface area contributed by atoms with Gasteiger partial charge >= 0.3 is 5.69 Å². The van der Waals surface area contributed by atoms with Gasteiger partial charge in [0.15, 0.2) is 4.98 Å². The fraction of sp³-hybridized carbons (Fsp3) is 0. The van der Waals surface area contributed by atoms with Gasteiger partial charge in [-0.15, -0.1) is 0 Å². The van der Waals surface area contributed by atoms with Gasteiger partial charge in [0, 0.05) is 16.6 Å². The highest BCUT2D eigenvalue weighted by Crippen LogP contribution is 2.37. The SMILES string of the molecule is N#[N+]c1ccc(Br)cc1.O=S1(=O)[N-]S(=O)(=O)c2ccccc21. The lowest BCUT2D eigenvalue weighted by Gasteiger charge is -2.05. The van der Waals surface area contributed by atoms with Crippen LogP contribution in [-0.2, 0) is 20.0 Å². The van der Waals surface area contributed by atoms with Gasteiger partial charge in [0.25, 0.3) is 0 Å². The van der Waals surface area contributed by atoms with Gasteiger partial charge < -0.3 is 4.13 Å². The summed E-state index contributed by atoms with van der Waals surface area (Å²) < 4.78 is 48.2. The zero-order valence-electron chi connectivity index (χ0n) is 10.8. The van der Waals surface area contributed by atoms with Gasteiger partial charge in [-0.2, -0.15) is 0 Å². The van der Waals surface area contributed by atoms with Gasteiger partial charge in [0.1, 0.15) is 20.0 Å². The van der Waals surface area contributed by atoms with Crippen molar-refractivity contribution in [3.05, 3.63) is 62.1 Å². The van der Waals surface area contributed by atoms with Crippen LogP contribution < -0.4 is 0 Å². The Labute approximate surface area is 135 Å². The molecule has 3 rings (SSSR count). The minimum Gasteiger partial charge on any atom is -0.428 e. The van der Waals surface area contributed by atoms with Gasteiger partial charge in [-0.3, -0.25) is 0 Å². The lowest BCUT2D eigenvalue weighted by Crippen LogP contribution is -1.92. The van der Waals surface area contributed by atoms with Crippen molar-refractivity contribution in [3.8, 4) is 0 Å². The summed E-state index contributed by atoms with van der Waals surface area (Å²) in [5.41, 5.74) is 0.568. The predicted octanol–water partition coefficient (Wildman–Crippen LogP) is 3.38. The highest BCUT2D eigenvalue weighted by molar-refractivity contribution is 9.10. The molecule has 2 aromatic rings. The van der Waals surface area contributed by atoms with Gasteiger partial charge in [-0.05, 0) is 24.3 Å². The van der Waals surface area contributed by atoms with Crippen LogP contribution in [0.2, 0.25) is 0 Å². The fourth-order valence-electron chi connectivity index (χ4n) is 1.59. The second-order valence-corrected chi connectivity index (χ2v) is 8.34. The van der Waals surface area contributed by atoms with Crippen LogP contribution in [-0.4, -0.2) is 16.8 Å². The first kappa shape index (κ1) is 16.6. The molecular formula is C12H8BrN3O4S2. The van der Waals surface area contributed by atoms with E-state index in [9.17, 15) is 16.8 Å². The van der Waals surface area contributed by atoms with E-state index in [2.05, 4.69) is 25.0 Å². The monoisotopic (exact) mass is 401 g/mol. The Kier molecular flexibility index (Phi) is 4.62. The molecule has 0 N–H and O–H groups in total. The Morgan fingerprint density at radius 3 is 1.73 bits per heavy atom. The van der Waals surface area contributed by atoms with Gasteiger partial charge in [0.2, 0.25) is 5.39 Å². The zero-order chi connectivity index (χ0) is 16.4. The van der Waals surface area contributed by atoms with E-state index in [1.807, 2.05) is 12.1 Å². The molecule has 0 fully saturated rings. The molecule has 0 saturated carbocycles. The molecule has 114 valence electrons. The number of nitrogens with zero attached hydrogens (tertiary/aromatic N) is 3. The van der Waals surface area contributed by atoms with E-state index >= 15 is 0 Å². The predicted molar refractivity (Wildman–Crippen MR) is 83.1 cm³/mol. The first-order chi connectivity index (χ1) is 10.3. The molecule has 1 heterocycles. The minimum absolute atomic E-state index is 0.241. The summed E-state index contributed by atoms with van der Waals surface area (Å²) in [4.78, 5) is 2.51. The maximum atomic E-state index is 11.1. The second-order valence-electron chi connectivity index (χ2n) is 4.05. The van der Waals surface area contributed by atoms with Crippen molar-refractivity contribution in [1.82, 2.24) is 0 Å². The summed E-state index contributed by atoms with van der Waals surface area (Å²) in [7, 11) is -7.95. The number of halogens is 1. The van der Waals surface area contributed by atoms with Crippen LogP contribution in [0.25, 0.3) is 9.10 Å². The number of fused-ring (bicyclic) bond motifs is 1. The summed E-state index contributed by atoms with van der Waals surface area (Å²) >= 11 is 3.25. The maximum Gasteiger partial charge on any atom is 0.385 e. The van der Waals surface area contributed by atoms with E-state index in [-0.39, 0.29) is 9.79 Å². The number of hydrogen-bond donors (Lipinski definition) is 0. The van der Waals surface area contributed by atoms with Crippen molar-refractivity contribution in [3.63, 3.8) is 0 Å². The third kappa shape index (κ3) is 3.50. The standard InChI is InChI=1S/C6H4BrN2.C6H4NO4S2/c7-5-1-3-6(9-8)4-2-5;8-12(9)5-3-1-2-4-6(5)13(10,11)7-12/h1-4H;1-4H/q+1;-1. The first-order valence-electron chi connectivity index (χ1n) is 5.70. The van der Waals surface area contributed by atoms with Crippen LogP contribution in [0.5, 0.6) is 0 Å². The highest BCUT2D eigenvalue weighted by Gasteiger charge is 2.26. The number of benzene rings is 2. The summed E-state index contributed by atoms with van der Waals surface area (Å²) in [6.07, 6.45) is 0. The van der Waals surface area contributed by atoms with Crippen molar-refractivity contribution in [1.29, 1.82) is 5.39 Å². The first-order valence-corrected chi connectivity index (χ1v) is 9.37. The lowest BCUT2D eigenvalue weighted by atomic mass is 10.3. The minimum atomic E-state index is -3.98. The zero-order valence-corrected chi connectivity index (χ0v) is 14.0. The lowest BCUT2D eigenvalue weighted by molar-refractivity contribution is 0.603. The fourth-order valence-corrected chi connectivity index (χ4v) is 5.31. The average Bonchev–Trinajstić information content (AvgIpc) is 2.66. The highest BCUT2D eigenvalue weighted by atomic mass is 79.9. The summed E-state index contributed by atoms with van der Waals surface area (Å²) in [5.74, 6) is 0. The van der Waals surface area contributed by atoms with Crippen molar-refractivity contribution >= 4 is 41.7 Å². The largest absolute Gasteiger partial charge is 0.428 e. The molecule has 0 unspecified atom stereocenters. The van der Waals surface area contributed by atoms with E-state index in [1.165, 1.54) is 24.3 Å². The smallest absolute Gasteiger partial charge is 0.385 e. The molecule has 0 bridgehead atoms. The Hall–Kier alpha value is -1.80. The Morgan fingerprint density at radius 2 is 1.32 bits per heavy atom. The quantitative estimate of drug-likeness (QED) is 0.628. The van der Waals surface area contributed by atoms with Crippen LogP contribution in [0.15, 0.2) is 62.8 Å². The Balaban J connectivity index is 0.000000172. The van der Waals surface area contributed by atoms with Crippen molar-refractivity contribution in [2.24, 2.45) is 0 Å². The summed E-state index contributed by atoms with van der Waals surface area (Å²) in [6, 6.07) is 12.4. The van der Waals surface area contributed by atoms with E-state index in [4.69, 9.17) is 5.39 Å². The average molecular weight is 402 g/mol. The molecule has 0 aliphatic carbocycles. The second kappa shape index (κ2) is 6.13. The van der Waals surface area contributed by atoms with Crippen LogP contribution >= 0.6 is 15.9 Å². The number of diazo groups is 1. The normalized spacial score (nSPS) is 16.7. The molecule has 0 aromatic heterocycles. The van der Waals surface area contributed by atoms with E-state index in [1.54, 1.807) is 12.1 Å². The molecule has 0 radical (unpaired) electrons. The van der Waals surface area contributed by atoms with Gasteiger partial charge in [-0.25, -0.2) is 16.8 Å². The molecular weight excluding hydrogens is 394 g/mol. The molecule has 22 heavy (non-hydrogen) atoms. The van der Waals surface area contributed by atoms with Crippen molar-refractivity contribution in [2.75, 3.05) is 0 Å². The summed E-state index contributed by atoms with van der Waals surface area (Å²) in [5, 5.41) is 8.24. The van der Waals surface area contributed by atoms with Crippen molar-refractivity contribution < 1.29 is 16.8 Å². The van der Waals surface area contributed by atoms with Crippen LogP contribution in [0.4, 0.5) is 5.69 Å². The Bertz CT molecular complexity index is 898. The number of rotatable bonds is 0. The number of sulfonamides is 2. The van der Waals surface area contributed by atoms with Gasteiger partial charge in [0.05, 0.1) is 9.79 Å². The molecule has 2 aromatic carbocycles. The number of hydrogen-bond acceptors (Lipinski definition) is 5. The van der Waals surface area contributed by atoms with E-state index in [0.717, 1.165) is 4.47 Å². The molecule has 7 nitrogen and oxygen atoms in total. The third-order valence-corrected chi connectivity index (χ3v) is 6.59. The maximum absolute atomic E-state index is 11.1. The van der Waals surface area contributed by atoms with E-state index < -0.39 is 20.0 Å². The Morgan fingerprint density at radius 1 is 0.864 bits per heavy atom. The van der Waals surface area contributed by atoms with Gasteiger partial charge in [-0.1, -0.05) is 28.1 Å². The molecule has 1 aliphatic rings. The van der Waals surface area contributed by atoms with Crippen LogP contribution in [0.3, 0.4) is 0 Å². The molecule has 0 amide bonds. The molecule has 0 spiro atoms.